The molecule has 0 aromatic rings. The lowest BCUT2D eigenvalue weighted by Gasteiger charge is -2.16. The van der Waals surface area contributed by atoms with Crippen molar-refractivity contribution in [2.45, 2.75) is 51.5 Å². The molecule has 1 unspecified atom stereocenters. The van der Waals surface area contributed by atoms with Crippen molar-refractivity contribution in [3.63, 3.8) is 0 Å². The predicted molar refractivity (Wildman–Crippen MR) is 84.7 cm³/mol. The third-order valence-corrected chi connectivity index (χ3v) is 5.11. The maximum Gasteiger partial charge on any atom is 0.116 e. The zero-order valence-electron chi connectivity index (χ0n) is 12.9. The molecule has 1 aliphatic carbocycles. The van der Waals surface area contributed by atoms with E-state index in [1.54, 1.807) is 0 Å². The van der Waals surface area contributed by atoms with E-state index in [2.05, 4.69) is 35.0 Å². The van der Waals surface area contributed by atoms with Crippen LogP contribution in [0.3, 0.4) is 0 Å². The van der Waals surface area contributed by atoms with Gasteiger partial charge in [-0.15, -0.1) is 0 Å². The average Bonchev–Trinajstić information content (AvgIpc) is 2.70. The second-order valence-electron chi connectivity index (χ2n) is 6.32. The zero-order chi connectivity index (χ0) is 15.2. The molecular formula is C13H25N5OSi. The van der Waals surface area contributed by atoms with Crippen LogP contribution in [0.1, 0.15) is 19.8 Å². The molecule has 0 heterocycles. The van der Waals surface area contributed by atoms with E-state index in [1.807, 2.05) is 6.92 Å². The summed E-state index contributed by atoms with van der Waals surface area (Å²) in [7, 11) is -1.03. The Morgan fingerprint density at radius 1 is 1.55 bits per heavy atom. The van der Waals surface area contributed by atoms with Gasteiger partial charge in [-0.2, -0.15) is 0 Å². The van der Waals surface area contributed by atoms with Crippen LogP contribution in [0.25, 0.3) is 10.4 Å². The minimum absolute atomic E-state index is 0.306. The first-order chi connectivity index (χ1) is 9.35. The molecule has 2 N–H and O–H groups in total. The fourth-order valence-electron chi connectivity index (χ4n) is 2.04. The van der Waals surface area contributed by atoms with Gasteiger partial charge in [-0.05, 0) is 36.9 Å². The lowest BCUT2D eigenvalue weighted by molar-refractivity contribution is 0.135. The molecule has 0 aromatic carbocycles. The molecule has 0 aromatic heterocycles. The van der Waals surface area contributed by atoms with Gasteiger partial charge < -0.3 is 15.5 Å². The number of ether oxygens (including phenoxy) is 1. The molecule has 1 fully saturated rings. The summed E-state index contributed by atoms with van der Waals surface area (Å²) < 4.78 is 5.59. The number of rotatable bonds is 7. The highest BCUT2D eigenvalue weighted by Gasteiger charge is 2.26. The van der Waals surface area contributed by atoms with Gasteiger partial charge in [0.25, 0.3) is 0 Å². The average molecular weight is 295 g/mol. The van der Waals surface area contributed by atoms with Gasteiger partial charge in [0.15, 0.2) is 0 Å². The number of hydrogen-bond acceptors (Lipinski definition) is 4. The van der Waals surface area contributed by atoms with E-state index in [1.165, 1.54) is 0 Å². The predicted octanol–water partition coefficient (Wildman–Crippen LogP) is 3.65. The summed E-state index contributed by atoms with van der Waals surface area (Å²) in [5, 5.41) is 14.8. The second-order valence-corrected chi connectivity index (χ2v) is 11.9. The van der Waals surface area contributed by atoms with E-state index in [4.69, 9.17) is 15.7 Å². The maximum absolute atomic E-state index is 8.45. The van der Waals surface area contributed by atoms with Gasteiger partial charge in [0.05, 0.1) is 6.04 Å². The molecule has 20 heavy (non-hydrogen) atoms. The van der Waals surface area contributed by atoms with E-state index < -0.39 is 8.07 Å². The van der Waals surface area contributed by atoms with Gasteiger partial charge in [0, 0.05) is 31.0 Å². The smallest absolute Gasteiger partial charge is 0.116 e. The summed E-state index contributed by atoms with van der Waals surface area (Å²) in [6.07, 6.45) is 1.52. The summed E-state index contributed by atoms with van der Waals surface area (Å²) in [6.45, 7) is 10.2. The van der Waals surface area contributed by atoms with Crippen LogP contribution in [0.5, 0.6) is 0 Å². The molecule has 1 aliphatic rings. The Kier molecular flexibility index (Phi) is 6.26. The quantitative estimate of drug-likeness (QED) is 0.187. The van der Waals surface area contributed by atoms with Crippen LogP contribution >= 0.6 is 0 Å². The third kappa shape index (κ3) is 5.36. The summed E-state index contributed by atoms with van der Waals surface area (Å²) in [4.78, 5) is 2.79. The van der Waals surface area contributed by atoms with Crippen molar-refractivity contribution in [1.29, 1.82) is 5.41 Å². The van der Waals surface area contributed by atoms with Crippen LogP contribution in [-0.4, -0.2) is 33.2 Å². The molecule has 1 saturated carbocycles. The van der Waals surface area contributed by atoms with Crippen molar-refractivity contribution in [3.8, 4) is 0 Å². The van der Waals surface area contributed by atoms with Gasteiger partial charge in [0.1, 0.15) is 6.73 Å². The first-order valence-corrected chi connectivity index (χ1v) is 10.7. The molecule has 0 radical (unpaired) electrons. The highest BCUT2D eigenvalue weighted by atomic mass is 28.3. The van der Waals surface area contributed by atoms with Crippen molar-refractivity contribution in [1.82, 2.24) is 5.32 Å². The monoisotopic (exact) mass is 295 g/mol. The second kappa shape index (κ2) is 7.47. The van der Waals surface area contributed by atoms with Crippen molar-refractivity contribution >= 4 is 13.8 Å². The van der Waals surface area contributed by atoms with Gasteiger partial charge in [-0.25, -0.2) is 0 Å². The molecule has 0 aliphatic heterocycles. The van der Waals surface area contributed by atoms with Crippen LogP contribution in [-0.2, 0) is 4.74 Å². The molecular weight excluding hydrogens is 270 g/mol. The van der Waals surface area contributed by atoms with Crippen molar-refractivity contribution in [2.24, 2.45) is 5.11 Å². The number of hydrogen-bond donors (Lipinski definition) is 2. The van der Waals surface area contributed by atoms with Crippen LogP contribution < -0.4 is 5.32 Å². The Bertz CT molecular complexity index is 435. The highest BCUT2D eigenvalue weighted by molar-refractivity contribution is 6.76. The molecule has 0 spiro atoms. The standard InChI is InChI=1S/C13H25N5OSi/c1-10(16-9-19-7-8-20(2,3)4)11-5-6-12(13(11)14)17-18-15/h12,14,16H,5-9H2,1-4H3/b11-10-,14-13?. The Morgan fingerprint density at radius 3 is 2.85 bits per heavy atom. The van der Waals surface area contributed by atoms with Gasteiger partial charge in [-0.1, -0.05) is 24.8 Å². The molecule has 0 amide bonds. The Labute approximate surface area is 121 Å². The lowest BCUT2D eigenvalue weighted by atomic mass is 10.1. The lowest BCUT2D eigenvalue weighted by Crippen LogP contribution is -2.24. The van der Waals surface area contributed by atoms with Crippen LogP contribution in [0.15, 0.2) is 16.4 Å². The molecule has 6 nitrogen and oxygen atoms in total. The third-order valence-electron chi connectivity index (χ3n) is 3.41. The molecule has 0 bridgehead atoms. The molecule has 112 valence electrons. The Hall–Kier alpha value is -1.30. The number of azide groups is 1. The number of allylic oxidation sites excluding steroid dienone is 1. The largest absolute Gasteiger partial charge is 0.366 e. The molecule has 0 saturated heterocycles. The first kappa shape index (κ1) is 16.8. The fraction of sp³-hybridized carbons (Fsp3) is 0.769. The Balaban J connectivity index is 2.39. The van der Waals surface area contributed by atoms with E-state index in [-0.39, 0.29) is 6.04 Å². The highest BCUT2D eigenvalue weighted by Crippen LogP contribution is 2.26. The fourth-order valence-corrected chi connectivity index (χ4v) is 2.80. The molecule has 7 heteroatoms. The van der Waals surface area contributed by atoms with E-state index >= 15 is 0 Å². The minimum Gasteiger partial charge on any atom is -0.366 e. The Morgan fingerprint density at radius 2 is 2.25 bits per heavy atom. The maximum atomic E-state index is 8.45. The van der Waals surface area contributed by atoms with Crippen LogP contribution in [0.4, 0.5) is 0 Å². The van der Waals surface area contributed by atoms with Crippen molar-refractivity contribution in [2.75, 3.05) is 13.3 Å². The minimum atomic E-state index is -1.03. The van der Waals surface area contributed by atoms with Crippen molar-refractivity contribution < 1.29 is 4.74 Å². The van der Waals surface area contributed by atoms with Crippen LogP contribution in [0, 0.1) is 5.41 Å². The normalized spacial score (nSPS) is 21.6. The first-order valence-electron chi connectivity index (χ1n) is 6.99. The van der Waals surface area contributed by atoms with Crippen LogP contribution in [0.2, 0.25) is 25.7 Å². The van der Waals surface area contributed by atoms with Crippen molar-refractivity contribution in [3.05, 3.63) is 21.7 Å². The molecule has 1 atom stereocenters. The van der Waals surface area contributed by atoms with E-state index in [0.717, 1.165) is 36.8 Å². The number of nitrogens with one attached hydrogen (secondary N) is 2. The summed E-state index contributed by atoms with van der Waals surface area (Å²) >= 11 is 0. The topological polar surface area (TPSA) is 93.9 Å². The van der Waals surface area contributed by atoms with E-state index in [9.17, 15) is 0 Å². The zero-order valence-corrected chi connectivity index (χ0v) is 13.9. The number of nitrogens with zero attached hydrogens (tertiary/aromatic N) is 3. The summed E-state index contributed by atoms with van der Waals surface area (Å²) in [5.74, 6) is 0. The van der Waals surface area contributed by atoms with Gasteiger partial charge in [0.2, 0.25) is 0 Å². The summed E-state index contributed by atoms with van der Waals surface area (Å²) in [5.41, 5.74) is 10.8. The summed E-state index contributed by atoms with van der Waals surface area (Å²) in [6, 6.07) is 0.846. The van der Waals surface area contributed by atoms with Gasteiger partial charge >= 0.3 is 0 Å². The van der Waals surface area contributed by atoms with E-state index in [0.29, 0.717) is 12.4 Å². The molecule has 1 rings (SSSR count). The van der Waals surface area contributed by atoms with Gasteiger partial charge in [-0.3, -0.25) is 0 Å². The SMILES string of the molecule is C/C(NCOCC[Si](C)(C)C)=C1\CCC(N=[N+]=[N-])C1=N.